The predicted molar refractivity (Wildman–Crippen MR) is 80.0 cm³/mol. The monoisotopic (exact) mass is 316 g/mol. The Hall–Kier alpha value is -1.74. The second-order valence-corrected chi connectivity index (χ2v) is 4.83. The van der Waals surface area contributed by atoms with Crippen molar-refractivity contribution >= 4 is 27.5 Å². The molecule has 2 aromatic rings. The molecule has 0 saturated carbocycles. The van der Waals surface area contributed by atoms with E-state index in [0.29, 0.717) is 16.5 Å². The molecule has 0 amide bonds. The average molecular weight is 317 g/mol. The fraction of sp³-hybridized carbons (Fsp3) is 0.125. The number of hydrogen-bond donors (Lipinski definition) is 0. The van der Waals surface area contributed by atoms with Crippen LogP contribution in [-0.2, 0) is 0 Å². The molecule has 0 unspecified atom stereocenters. The minimum Gasteiger partial charge on any atom is -0.295 e. The van der Waals surface area contributed by atoms with E-state index in [4.69, 9.17) is 0 Å². The average Bonchev–Trinajstić information content (AvgIpc) is 2.46. The number of alkyl halides is 1. The standard InChI is InChI=1S/C16H13BrO2/c1-11(18)12-2-4-13(5-3-12)14-6-8-15(9-7-14)16(19)10-17/h2-9H,10H2,1H3. The highest BCUT2D eigenvalue weighted by molar-refractivity contribution is 9.09. The molecule has 0 radical (unpaired) electrons. The molecule has 0 spiro atoms. The van der Waals surface area contributed by atoms with Gasteiger partial charge in [-0.15, -0.1) is 0 Å². The minimum atomic E-state index is 0.0600. The van der Waals surface area contributed by atoms with Crippen molar-refractivity contribution in [3.63, 3.8) is 0 Å². The van der Waals surface area contributed by atoms with Gasteiger partial charge in [0.15, 0.2) is 11.6 Å². The first-order valence-corrected chi connectivity index (χ1v) is 7.04. The maximum atomic E-state index is 11.5. The largest absolute Gasteiger partial charge is 0.295 e. The van der Waals surface area contributed by atoms with Gasteiger partial charge in [-0.05, 0) is 18.1 Å². The Morgan fingerprint density at radius 3 is 1.63 bits per heavy atom. The van der Waals surface area contributed by atoms with Gasteiger partial charge >= 0.3 is 0 Å². The minimum absolute atomic E-state index is 0.0600. The first-order chi connectivity index (χ1) is 9.11. The first-order valence-electron chi connectivity index (χ1n) is 5.92. The third-order valence-corrected chi connectivity index (χ3v) is 3.46. The van der Waals surface area contributed by atoms with Crippen LogP contribution in [0.2, 0.25) is 0 Å². The molecule has 0 atom stereocenters. The quantitative estimate of drug-likeness (QED) is 0.627. The molecule has 3 heteroatoms. The van der Waals surface area contributed by atoms with E-state index in [-0.39, 0.29) is 11.6 Å². The van der Waals surface area contributed by atoms with Gasteiger partial charge in [0.1, 0.15) is 0 Å². The molecule has 19 heavy (non-hydrogen) atoms. The summed E-state index contributed by atoms with van der Waals surface area (Å²) in [7, 11) is 0. The maximum Gasteiger partial charge on any atom is 0.173 e. The molecule has 2 rings (SSSR count). The van der Waals surface area contributed by atoms with Crippen LogP contribution in [0.3, 0.4) is 0 Å². The van der Waals surface area contributed by atoms with Crippen LogP contribution >= 0.6 is 15.9 Å². The summed E-state index contributed by atoms with van der Waals surface area (Å²) >= 11 is 3.15. The normalized spacial score (nSPS) is 10.2. The Morgan fingerprint density at radius 1 is 0.842 bits per heavy atom. The zero-order valence-corrected chi connectivity index (χ0v) is 12.1. The summed E-state index contributed by atoms with van der Waals surface area (Å²) in [6.07, 6.45) is 0. The SMILES string of the molecule is CC(=O)c1ccc(-c2ccc(C(=O)CBr)cc2)cc1. The van der Waals surface area contributed by atoms with Crippen LogP contribution in [-0.4, -0.2) is 16.9 Å². The Balaban J connectivity index is 2.27. The lowest BCUT2D eigenvalue weighted by molar-refractivity contribution is 0.101. The van der Waals surface area contributed by atoms with Crippen LogP contribution in [0.15, 0.2) is 48.5 Å². The summed E-state index contributed by atoms with van der Waals surface area (Å²) in [5, 5.41) is 0.333. The van der Waals surface area contributed by atoms with Crippen molar-refractivity contribution in [3.05, 3.63) is 59.7 Å². The molecule has 96 valence electrons. The number of carbonyl (C=O) groups excluding carboxylic acids is 2. The van der Waals surface area contributed by atoms with Gasteiger partial charge in [-0.25, -0.2) is 0 Å². The number of Topliss-reactive ketones (excluding diaryl/α,β-unsaturated/α-hetero) is 2. The Labute approximate surface area is 120 Å². The van der Waals surface area contributed by atoms with Crippen molar-refractivity contribution in [1.29, 1.82) is 0 Å². The van der Waals surface area contributed by atoms with Crippen LogP contribution in [0, 0.1) is 0 Å². The third kappa shape index (κ3) is 3.18. The van der Waals surface area contributed by atoms with Gasteiger partial charge in [0.25, 0.3) is 0 Å². The van der Waals surface area contributed by atoms with Crippen molar-refractivity contribution in [3.8, 4) is 11.1 Å². The first kappa shape index (κ1) is 13.7. The van der Waals surface area contributed by atoms with Crippen molar-refractivity contribution in [2.75, 3.05) is 5.33 Å². The van der Waals surface area contributed by atoms with Crippen LogP contribution in [0.5, 0.6) is 0 Å². The van der Waals surface area contributed by atoms with Gasteiger partial charge in [-0.1, -0.05) is 64.5 Å². The third-order valence-electron chi connectivity index (χ3n) is 2.95. The van der Waals surface area contributed by atoms with E-state index in [1.54, 1.807) is 6.92 Å². The van der Waals surface area contributed by atoms with E-state index >= 15 is 0 Å². The lowest BCUT2D eigenvalue weighted by Crippen LogP contribution is -1.99. The summed E-state index contributed by atoms with van der Waals surface area (Å²) in [6, 6.07) is 14.9. The van der Waals surface area contributed by atoms with E-state index in [1.165, 1.54) is 0 Å². The summed E-state index contributed by atoms with van der Waals surface area (Å²) in [6.45, 7) is 1.55. The molecule has 0 N–H and O–H groups in total. The summed E-state index contributed by atoms with van der Waals surface area (Å²) in [4.78, 5) is 22.7. The molecule has 0 aliphatic rings. The molecule has 0 bridgehead atoms. The van der Waals surface area contributed by atoms with Crippen LogP contribution in [0.25, 0.3) is 11.1 Å². The molecular formula is C16H13BrO2. The molecule has 0 aliphatic carbocycles. The van der Waals surface area contributed by atoms with E-state index in [1.807, 2.05) is 48.5 Å². The molecular weight excluding hydrogens is 304 g/mol. The Bertz CT molecular complexity index is 598. The van der Waals surface area contributed by atoms with Crippen molar-refractivity contribution in [1.82, 2.24) is 0 Å². The Kier molecular flexibility index (Phi) is 4.27. The molecule has 2 nitrogen and oxygen atoms in total. The van der Waals surface area contributed by atoms with Crippen molar-refractivity contribution < 1.29 is 9.59 Å². The second-order valence-electron chi connectivity index (χ2n) is 4.27. The van der Waals surface area contributed by atoms with Crippen LogP contribution in [0.1, 0.15) is 27.6 Å². The zero-order valence-electron chi connectivity index (χ0n) is 10.5. The second kappa shape index (κ2) is 5.93. The van der Waals surface area contributed by atoms with Gasteiger partial charge in [0.2, 0.25) is 0 Å². The smallest absolute Gasteiger partial charge is 0.173 e. The Morgan fingerprint density at radius 2 is 1.26 bits per heavy atom. The summed E-state index contributed by atoms with van der Waals surface area (Å²) in [5.74, 6) is 0.128. The number of benzene rings is 2. The van der Waals surface area contributed by atoms with Crippen LogP contribution < -0.4 is 0 Å². The number of carbonyl (C=O) groups is 2. The molecule has 0 saturated heterocycles. The van der Waals surface area contributed by atoms with Gasteiger partial charge in [-0.2, -0.15) is 0 Å². The van der Waals surface area contributed by atoms with E-state index < -0.39 is 0 Å². The highest BCUT2D eigenvalue weighted by atomic mass is 79.9. The fourth-order valence-corrected chi connectivity index (χ4v) is 2.15. The molecule has 0 aromatic heterocycles. The van der Waals surface area contributed by atoms with Crippen molar-refractivity contribution in [2.45, 2.75) is 6.92 Å². The molecule has 0 fully saturated rings. The maximum absolute atomic E-state index is 11.5. The number of hydrogen-bond acceptors (Lipinski definition) is 2. The summed E-state index contributed by atoms with van der Waals surface area (Å²) in [5.41, 5.74) is 3.46. The zero-order chi connectivity index (χ0) is 13.8. The van der Waals surface area contributed by atoms with E-state index in [9.17, 15) is 9.59 Å². The topological polar surface area (TPSA) is 34.1 Å². The van der Waals surface area contributed by atoms with E-state index in [0.717, 1.165) is 11.1 Å². The lowest BCUT2D eigenvalue weighted by atomic mass is 10.0. The van der Waals surface area contributed by atoms with Gasteiger partial charge in [-0.3, -0.25) is 9.59 Å². The molecule has 0 heterocycles. The van der Waals surface area contributed by atoms with Crippen LogP contribution in [0.4, 0.5) is 0 Å². The predicted octanol–water partition coefficient (Wildman–Crippen LogP) is 4.13. The highest BCUT2D eigenvalue weighted by Crippen LogP contribution is 2.21. The van der Waals surface area contributed by atoms with E-state index in [2.05, 4.69) is 15.9 Å². The number of ketones is 2. The number of halogens is 1. The van der Waals surface area contributed by atoms with Gasteiger partial charge in [0.05, 0.1) is 5.33 Å². The fourth-order valence-electron chi connectivity index (χ4n) is 1.82. The molecule has 2 aromatic carbocycles. The highest BCUT2D eigenvalue weighted by Gasteiger charge is 2.05. The molecule has 0 aliphatic heterocycles. The number of rotatable bonds is 4. The lowest BCUT2D eigenvalue weighted by Gasteiger charge is -2.04. The van der Waals surface area contributed by atoms with Gasteiger partial charge < -0.3 is 0 Å². The van der Waals surface area contributed by atoms with Gasteiger partial charge in [0, 0.05) is 11.1 Å². The summed E-state index contributed by atoms with van der Waals surface area (Å²) < 4.78 is 0. The van der Waals surface area contributed by atoms with Crippen molar-refractivity contribution in [2.24, 2.45) is 0 Å².